The van der Waals surface area contributed by atoms with Gasteiger partial charge in [0, 0.05) is 6.42 Å². The Morgan fingerprint density at radius 3 is 2.17 bits per heavy atom. The Morgan fingerprint density at radius 2 is 1.83 bits per heavy atom. The van der Waals surface area contributed by atoms with E-state index in [0.29, 0.717) is 19.3 Å². The van der Waals surface area contributed by atoms with E-state index in [1.54, 1.807) is 6.92 Å². The Bertz CT molecular complexity index is 170. The quantitative estimate of drug-likeness (QED) is 0.627. The fourth-order valence-corrected chi connectivity index (χ4v) is 0.790. The number of aliphatic hydroxyl groups excluding tert-OH is 1. The van der Waals surface area contributed by atoms with Crippen LogP contribution in [0, 0.1) is 11.8 Å². The average molecular weight is 170 g/mol. The second-order valence-corrected chi connectivity index (χ2v) is 3.09. The van der Waals surface area contributed by atoms with Gasteiger partial charge in [0.25, 0.3) is 0 Å². The zero-order valence-corrected chi connectivity index (χ0v) is 8.09. The van der Waals surface area contributed by atoms with Crippen LogP contribution in [0.15, 0.2) is 0 Å². The molecule has 0 amide bonds. The van der Waals surface area contributed by atoms with E-state index in [-0.39, 0.29) is 0 Å². The largest absolute Gasteiger partial charge is 0.392 e. The van der Waals surface area contributed by atoms with Crippen molar-refractivity contribution in [3.8, 4) is 11.8 Å². The molecule has 0 radical (unpaired) electrons. The highest BCUT2D eigenvalue weighted by Crippen LogP contribution is 2.12. The second-order valence-electron chi connectivity index (χ2n) is 3.09. The molecule has 0 saturated heterocycles. The summed E-state index contributed by atoms with van der Waals surface area (Å²) in [5.74, 6) is 5.55. The van der Waals surface area contributed by atoms with Gasteiger partial charge in [-0.15, -0.1) is 0 Å². The molecule has 2 heteroatoms. The summed E-state index contributed by atoms with van der Waals surface area (Å²) in [7, 11) is 0. The Morgan fingerprint density at radius 1 is 1.33 bits per heavy atom. The van der Waals surface area contributed by atoms with Gasteiger partial charge in [-0.3, -0.25) is 0 Å². The SMILES string of the molecule is CCC(O)(C#CCC(C)O)CC. The molecule has 0 aromatic rings. The van der Waals surface area contributed by atoms with E-state index in [1.165, 1.54) is 0 Å². The molecule has 0 aromatic carbocycles. The fraction of sp³-hybridized carbons (Fsp3) is 0.800. The van der Waals surface area contributed by atoms with Crippen LogP contribution in [0.1, 0.15) is 40.0 Å². The lowest BCUT2D eigenvalue weighted by Crippen LogP contribution is -2.23. The summed E-state index contributed by atoms with van der Waals surface area (Å²) in [4.78, 5) is 0. The maximum absolute atomic E-state index is 9.69. The van der Waals surface area contributed by atoms with Crippen molar-refractivity contribution >= 4 is 0 Å². The molecular formula is C10H18O2. The molecule has 1 unspecified atom stereocenters. The van der Waals surface area contributed by atoms with Crippen molar-refractivity contribution in [2.75, 3.05) is 0 Å². The molecule has 0 heterocycles. The highest BCUT2D eigenvalue weighted by molar-refractivity contribution is 5.13. The van der Waals surface area contributed by atoms with Crippen LogP contribution in [0.4, 0.5) is 0 Å². The van der Waals surface area contributed by atoms with Crippen molar-refractivity contribution < 1.29 is 10.2 Å². The number of hydrogen-bond donors (Lipinski definition) is 2. The first-order chi connectivity index (χ1) is 5.54. The van der Waals surface area contributed by atoms with Gasteiger partial charge in [-0.1, -0.05) is 25.7 Å². The third-order valence-electron chi connectivity index (χ3n) is 1.89. The standard InChI is InChI=1S/C10H18O2/c1-4-10(12,5-2)8-6-7-9(3)11/h9,11-12H,4-5,7H2,1-3H3. The van der Waals surface area contributed by atoms with Crippen LogP contribution in [0.25, 0.3) is 0 Å². The molecule has 12 heavy (non-hydrogen) atoms. The maximum atomic E-state index is 9.69. The van der Waals surface area contributed by atoms with Gasteiger partial charge in [-0.25, -0.2) is 0 Å². The minimum absolute atomic E-state index is 0.407. The van der Waals surface area contributed by atoms with Gasteiger partial charge in [-0.05, 0) is 19.8 Å². The van der Waals surface area contributed by atoms with E-state index in [0.717, 1.165) is 0 Å². The molecule has 0 spiro atoms. The second kappa shape index (κ2) is 5.18. The van der Waals surface area contributed by atoms with Gasteiger partial charge in [0.2, 0.25) is 0 Å². The Kier molecular flexibility index (Phi) is 4.96. The van der Waals surface area contributed by atoms with Crippen molar-refractivity contribution in [1.29, 1.82) is 0 Å². The molecule has 0 aliphatic heterocycles. The number of aliphatic hydroxyl groups is 2. The first-order valence-corrected chi connectivity index (χ1v) is 4.44. The summed E-state index contributed by atoms with van der Waals surface area (Å²) in [6.07, 6.45) is 1.30. The smallest absolute Gasteiger partial charge is 0.125 e. The summed E-state index contributed by atoms with van der Waals surface area (Å²) < 4.78 is 0. The van der Waals surface area contributed by atoms with Crippen molar-refractivity contribution in [2.45, 2.75) is 51.7 Å². The monoisotopic (exact) mass is 170 g/mol. The molecule has 2 nitrogen and oxygen atoms in total. The topological polar surface area (TPSA) is 40.5 Å². The third kappa shape index (κ3) is 4.38. The van der Waals surface area contributed by atoms with Gasteiger partial charge in [0.05, 0.1) is 6.10 Å². The Labute approximate surface area is 74.6 Å². The average Bonchev–Trinajstić information content (AvgIpc) is 2.03. The van der Waals surface area contributed by atoms with E-state index >= 15 is 0 Å². The van der Waals surface area contributed by atoms with Crippen molar-refractivity contribution in [3.63, 3.8) is 0 Å². The van der Waals surface area contributed by atoms with Gasteiger partial charge in [0.1, 0.15) is 5.60 Å². The van der Waals surface area contributed by atoms with Crippen molar-refractivity contribution in [3.05, 3.63) is 0 Å². The van der Waals surface area contributed by atoms with Crippen LogP contribution < -0.4 is 0 Å². The molecule has 70 valence electrons. The molecule has 2 N–H and O–H groups in total. The lowest BCUT2D eigenvalue weighted by Gasteiger charge is -2.17. The lowest BCUT2D eigenvalue weighted by molar-refractivity contribution is 0.0928. The molecule has 1 atom stereocenters. The molecule has 0 saturated carbocycles. The van der Waals surface area contributed by atoms with E-state index in [1.807, 2.05) is 13.8 Å². The lowest BCUT2D eigenvalue weighted by atomic mass is 9.98. The van der Waals surface area contributed by atoms with E-state index in [4.69, 9.17) is 5.11 Å². The first kappa shape index (κ1) is 11.5. The zero-order valence-electron chi connectivity index (χ0n) is 8.09. The minimum Gasteiger partial charge on any atom is -0.392 e. The summed E-state index contributed by atoms with van der Waals surface area (Å²) in [6.45, 7) is 5.49. The third-order valence-corrected chi connectivity index (χ3v) is 1.89. The van der Waals surface area contributed by atoms with Gasteiger partial charge in [-0.2, -0.15) is 0 Å². The summed E-state index contributed by atoms with van der Waals surface area (Å²) in [6, 6.07) is 0. The molecule has 0 aromatic heterocycles. The van der Waals surface area contributed by atoms with Crippen LogP contribution in [-0.4, -0.2) is 21.9 Å². The van der Waals surface area contributed by atoms with Crippen LogP contribution in [0.5, 0.6) is 0 Å². The highest BCUT2D eigenvalue weighted by atomic mass is 16.3. The Balaban J connectivity index is 4.06. The van der Waals surface area contributed by atoms with Crippen molar-refractivity contribution in [1.82, 2.24) is 0 Å². The van der Waals surface area contributed by atoms with Crippen LogP contribution >= 0.6 is 0 Å². The fourth-order valence-electron chi connectivity index (χ4n) is 0.790. The van der Waals surface area contributed by atoms with Crippen LogP contribution in [0.3, 0.4) is 0 Å². The Hall–Kier alpha value is -0.520. The van der Waals surface area contributed by atoms with Crippen LogP contribution in [-0.2, 0) is 0 Å². The predicted molar refractivity (Wildman–Crippen MR) is 49.6 cm³/mol. The van der Waals surface area contributed by atoms with E-state index < -0.39 is 11.7 Å². The normalized spacial score (nSPS) is 13.4. The highest BCUT2D eigenvalue weighted by Gasteiger charge is 2.17. The summed E-state index contributed by atoms with van der Waals surface area (Å²) in [5, 5.41) is 18.6. The number of hydrogen-bond acceptors (Lipinski definition) is 2. The van der Waals surface area contributed by atoms with Crippen molar-refractivity contribution in [2.24, 2.45) is 0 Å². The number of rotatable bonds is 3. The maximum Gasteiger partial charge on any atom is 0.125 e. The molecular weight excluding hydrogens is 152 g/mol. The van der Waals surface area contributed by atoms with Gasteiger partial charge < -0.3 is 10.2 Å². The van der Waals surface area contributed by atoms with Gasteiger partial charge >= 0.3 is 0 Å². The molecule has 0 fully saturated rings. The van der Waals surface area contributed by atoms with E-state index in [9.17, 15) is 5.11 Å². The molecule has 0 aliphatic rings. The first-order valence-electron chi connectivity index (χ1n) is 4.44. The summed E-state index contributed by atoms with van der Waals surface area (Å²) >= 11 is 0. The van der Waals surface area contributed by atoms with Crippen LogP contribution in [0.2, 0.25) is 0 Å². The van der Waals surface area contributed by atoms with Gasteiger partial charge in [0.15, 0.2) is 0 Å². The van der Waals surface area contributed by atoms with E-state index in [2.05, 4.69) is 11.8 Å². The minimum atomic E-state index is -0.852. The molecule has 0 aliphatic carbocycles. The molecule has 0 rings (SSSR count). The molecule has 0 bridgehead atoms. The predicted octanol–water partition coefficient (Wildman–Crippen LogP) is 1.31. The zero-order chi connectivity index (χ0) is 9.61. The summed E-state index contributed by atoms with van der Waals surface area (Å²) in [5.41, 5.74) is -0.852.